The Labute approximate surface area is 287 Å². The van der Waals surface area contributed by atoms with Gasteiger partial charge in [-0.3, -0.25) is 0 Å². The Morgan fingerprint density at radius 3 is 1.90 bits per heavy atom. The smallest absolute Gasteiger partial charge is 0.137 e. The van der Waals surface area contributed by atoms with E-state index in [1.165, 1.54) is 53.2 Å². The van der Waals surface area contributed by atoms with Crippen molar-refractivity contribution in [3.63, 3.8) is 0 Å². The van der Waals surface area contributed by atoms with Gasteiger partial charge in [-0.05, 0) is 87.6 Å². The summed E-state index contributed by atoms with van der Waals surface area (Å²) in [4.78, 5) is 2.42. The Balaban J connectivity index is 1.29. The summed E-state index contributed by atoms with van der Waals surface area (Å²) < 4.78 is 9.04. The fourth-order valence-corrected chi connectivity index (χ4v) is 8.56. The van der Waals surface area contributed by atoms with Crippen molar-refractivity contribution >= 4 is 81.3 Å². The SMILES string of the molecule is c1ccc(-c2ccc(N(c3ccc4ccc5sc6ccccc6c5c4c3)c3cccc4oc5ccccc5c34)cc2-c2ccccc2)cc1. The number of thiophene rings is 1. The van der Waals surface area contributed by atoms with Gasteiger partial charge in [0.2, 0.25) is 0 Å². The summed E-state index contributed by atoms with van der Waals surface area (Å²) in [5.41, 5.74) is 9.78. The van der Waals surface area contributed by atoms with Gasteiger partial charge in [-0.25, -0.2) is 0 Å². The summed E-state index contributed by atoms with van der Waals surface area (Å²) in [5, 5.41) is 7.32. The highest BCUT2D eigenvalue weighted by atomic mass is 32.1. The maximum atomic E-state index is 6.43. The van der Waals surface area contributed by atoms with Crippen LogP contribution in [0.5, 0.6) is 0 Å². The van der Waals surface area contributed by atoms with Crippen LogP contribution in [-0.2, 0) is 0 Å². The molecule has 0 saturated carbocycles. The lowest BCUT2D eigenvalue weighted by Crippen LogP contribution is -2.10. The van der Waals surface area contributed by atoms with Gasteiger partial charge in [-0.2, -0.15) is 0 Å². The van der Waals surface area contributed by atoms with Crippen LogP contribution in [0.2, 0.25) is 0 Å². The largest absolute Gasteiger partial charge is 0.456 e. The van der Waals surface area contributed by atoms with Crippen molar-refractivity contribution in [2.24, 2.45) is 0 Å². The van der Waals surface area contributed by atoms with Gasteiger partial charge in [-0.15, -0.1) is 11.3 Å². The Morgan fingerprint density at radius 2 is 1.06 bits per heavy atom. The number of benzene rings is 8. The number of hydrogen-bond acceptors (Lipinski definition) is 3. The predicted octanol–water partition coefficient (Wildman–Crippen LogP) is 13.9. The third kappa shape index (κ3) is 4.55. The molecular formula is C46H29NOS. The number of hydrogen-bond donors (Lipinski definition) is 0. The molecule has 230 valence electrons. The van der Waals surface area contributed by atoms with Crippen molar-refractivity contribution in [2.75, 3.05) is 4.90 Å². The van der Waals surface area contributed by atoms with E-state index in [0.29, 0.717) is 0 Å². The van der Waals surface area contributed by atoms with Crippen LogP contribution < -0.4 is 4.90 Å². The van der Waals surface area contributed by atoms with Crippen molar-refractivity contribution in [3.05, 3.63) is 176 Å². The molecule has 10 aromatic rings. The summed E-state index contributed by atoms with van der Waals surface area (Å²) >= 11 is 1.86. The van der Waals surface area contributed by atoms with E-state index in [-0.39, 0.29) is 0 Å². The van der Waals surface area contributed by atoms with E-state index in [9.17, 15) is 0 Å². The number of para-hydroxylation sites is 1. The molecule has 0 spiro atoms. The fraction of sp³-hybridized carbons (Fsp3) is 0. The zero-order valence-electron chi connectivity index (χ0n) is 26.5. The highest BCUT2D eigenvalue weighted by Crippen LogP contribution is 2.47. The monoisotopic (exact) mass is 643 g/mol. The van der Waals surface area contributed by atoms with E-state index in [2.05, 4.69) is 175 Å². The lowest BCUT2D eigenvalue weighted by Gasteiger charge is -2.28. The lowest BCUT2D eigenvalue weighted by atomic mass is 9.93. The second-order valence-corrected chi connectivity index (χ2v) is 13.6. The van der Waals surface area contributed by atoms with Crippen LogP contribution in [0.1, 0.15) is 0 Å². The number of anilines is 3. The molecule has 49 heavy (non-hydrogen) atoms. The Morgan fingerprint density at radius 1 is 0.408 bits per heavy atom. The van der Waals surface area contributed by atoms with E-state index < -0.39 is 0 Å². The van der Waals surface area contributed by atoms with Gasteiger partial charge >= 0.3 is 0 Å². The minimum Gasteiger partial charge on any atom is -0.456 e. The second kappa shape index (κ2) is 11.2. The fourth-order valence-electron chi connectivity index (χ4n) is 7.44. The molecular weight excluding hydrogens is 615 g/mol. The van der Waals surface area contributed by atoms with Gasteiger partial charge in [0.25, 0.3) is 0 Å². The van der Waals surface area contributed by atoms with Crippen molar-refractivity contribution in [1.82, 2.24) is 0 Å². The molecule has 10 rings (SSSR count). The molecule has 0 amide bonds. The molecule has 0 bridgehead atoms. The molecule has 0 fully saturated rings. The highest BCUT2D eigenvalue weighted by Gasteiger charge is 2.22. The molecule has 0 aliphatic carbocycles. The average molecular weight is 644 g/mol. The average Bonchev–Trinajstić information content (AvgIpc) is 3.75. The molecule has 0 unspecified atom stereocenters. The number of fused-ring (bicyclic) bond motifs is 8. The van der Waals surface area contributed by atoms with Gasteiger partial charge in [-0.1, -0.05) is 121 Å². The van der Waals surface area contributed by atoms with Gasteiger partial charge < -0.3 is 9.32 Å². The van der Waals surface area contributed by atoms with Crippen LogP contribution in [0.4, 0.5) is 17.1 Å². The first-order valence-corrected chi connectivity index (χ1v) is 17.4. The van der Waals surface area contributed by atoms with Crippen LogP contribution in [0.15, 0.2) is 180 Å². The third-order valence-corrected chi connectivity index (χ3v) is 10.8. The normalized spacial score (nSPS) is 11.7. The molecule has 0 aliphatic rings. The maximum absolute atomic E-state index is 6.43. The summed E-state index contributed by atoms with van der Waals surface area (Å²) in [7, 11) is 0. The molecule has 0 saturated heterocycles. The minimum absolute atomic E-state index is 0.875. The van der Waals surface area contributed by atoms with Gasteiger partial charge in [0.1, 0.15) is 11.2 Å². The molecule has 0 N–H and O–H groups in total. The van der Waals surface area contributed by atoms with E-state index in [4.69, 9.17) is 4.42 Å². The van der Waals surface area contributed by atoms with Crippen molar-refractivity contribution in [2.45, 2.75) is 0 Å². The molecule has 0 aliphatic heterocycles. The summed E-state index contributed by atoms with van der Waals surface area (Å²) in [6, 6.07) is 63.3. The van der Waals surface area contributed by atoms with Crippen LogP contribution in [0.25, 0.3) is 75.1 Å². The first kappa shape index (κ1) is 27.9. The van der Waals surface area contributed by atoms with Crippen molar-refractivity contribution in [3.8, 4) is 22.3 Å². The first-order valence-electron chi connectivity index (χ1n) is 16.6. The molecule has 0 atom stereocenters. The van der Waals surface area contributed by atoms with Crippen LogP contribution in [0, 0.1) is 0 Å². The van der Waals surface area contributed by atoms with Crippen molar-refractivity contribution < 1.29 is 4.42 Å². The minimum atomic E-state index is 0.875. The van der Waals surface area contributed by atoms with Crippen LogP contribution in [0.3, 0.4) is 0 Å². The quantitative estimate of drug-likeness (QED) is 0.186. The Kier molecular flexibility index (Phi) is 6.39. The Hall–Kier alpha value is -6.16. The number of rotatable bonds is 5. The topological polar surface area (TPSA) is 16.4 Å². The zero-order chi connectivity index (χ0) is 32.3. The molecule has 2 aromatic heterocycles. The van der Waals surface area contributed by atoms with E-state index in [0.717, 1.165) is 39.0 Å². The molecule has 2 nitrogen and oxygen atoms in total. The van der Waals surface area contributed by atoms with Gasteiger partial charge in [0.05, 0.1) is 11.1 Å². The highest BCUT2D eigenvalue weighted by molar-refractivity contribution is 7.26. The second-order valence-electron chi connectivity index (χ2n) is 12.5. The zero-order valence-corrected chi connectivity index (χ0v) is 27.3. The molecule has 0 radical (unpaired) electrons. The van der Waals surface area contributed by atoms with Crippen molar-refractivity contribution in [1.29, 1.82) is 0 Å². The summed E-state index contributed by atoms with van der Waals surface area (Å²) in [5.74, 6) is 0. The predicted molar refractivity (Wildman–Crippen MR) is 210 cm³/mol. The standard InChI is InChI=1S/C46H29NOS/c1-3-12-30(13-4-1)35-26-25-34(28-38(35)31-14-5-2-6-15-31)47(40-18-11-20-42-46(40)36-16-7-9-19-41(36)48-42)33-24-22-32-23-27-44-45(39(32)29-33)37-17-8-10-21-43(37)49-44/h1-29H. The summed E-state index contributed by atoms with van der Waals surface area (Å²) in [6.07, 6.45) is 0. The summed E-state index contributed by atoms with van der Waals surface area (Å²) in [6.45, 7) is 0. The maximum Gasteiger partial charge on any atom is 0.137 e. The van der Waals surface area contributed by atoms with Gasteiger partial charge in [0, 0.05) is 36.9 Å². The van der Waals surface area contributed by atoms with Crippen LogP contribution in [-0.4, -0.2) is 0 Å². The third-order valence-electron chi connectivity index (χ3n) is 9.65. The first-order chi connectivity index (χ1) is 24.3. The molecule has 3 heteroatoms. The van der Waals surface area contributed by atoms with E-state index >= 15 is 0 Å². The molecule has 8 aromatic carbocycles. The Bertz CT molecular complexity index is 2830. The van der Waals surface area contributed by atoms with Gasteiger partial charge in [0.15, 0.2) is 0 Å². The lowest BCUT2D eigenvalue weighted by molar-refractivity contribution is 0.669. The van der Waals surface area contributed by atoms with E-state index in [1.54, 1.807) is 0 Å². The van der Waals surface area contributed by atoms with E-state index in [1.807, 2.05) is 17.4 Å². The number of nitrogens with zero attached hydrogens (tertiary/aromatic N) is 1. The number of furan rings is 1. The molecule has 2 heterocycles. The van der Waals surface area contributed by atoms with Crippen LogP contribution >= 0.6 is 11.3 Å².